The minimum Gasteiger partial charge on any atom is -0.506 e. The van der Waals surface area contributed by atoms with Crippen LogP contribution in [0.5, 0.6) is 23.0 Å². The standard InChI is InChI=1S/C25H28N2O9/c1-5-35-25(31)17-13-27-24(30)21(22(17)29)16(11-20(28)26-12-15-7-6-8-36-15)14-9-18(32-2)23(34-4)19(10-14)33-3/h6-10,13,16H,5,11-12H2,1-4H3,(H,26,28)(H2,27,29,30)/t16-/m1/s1. The SMILES string of the molecule is CCOC(=O)c1c[nH]c(=O)c([C@H](CC(=O)NCc2ccco2)c2cc(OC)c(OC)c(OC)c2)c1O. The molecule has 0 saturated heterocycles. The Hall–Kier alpha value is -4.41. The molecule has 3 aromatic rings. The lowest BCUT2D eigenvalue weighted by Crippen LogP contribution is -2.27. The second kappa shape index (κ2) is 11.8. The molecule has 0 bridgehead atoms. The van der Waals surface area contributed by atoms with E-state index < -0.39 is 29.1 Å². The number of nitrogens with one attached hydrogen (secondary N) is 2. The summed E-state index contributed by atoms with van der Waals surface area (Å²) in [5.41, 5.74) is -0.708. The first-order valence-corrected chi connectivity index (χ1v) is 11.0. The van der Waals surface area contributed by atoms with Crippen LogP contribution >= 0.6 is 0 Å². The molecule has 0 saturated carbocycles. The highest BCUT2D eigenvalue weighted by Crippen LogP contribution is 2.43. The minimum absolute atomic E-state index is 0.0677. The molecule has 11 nitrogen and oxygen atoms in total. The number of methoxy groups -OCH3 is 3. The van der Waals surface area contributed by atoms with Crippen LogP contribution in [0.1, 0.15) is 46.5 Å². The Morgan fingerprint density at radius 3 is 2.39 bits per heavy atom. The van der Waals surface area contributed by atoms with E-state index in [2.05, 4.69) is 10.3 Å². The van der Waals surface area contributed by atoms with E-state index in [9.17, 15) is 19.5 Å². The summed E-state index contributed by atoms with van der Waals surface area (Å²) in [6.07, 6.45) is 2.29. The van der Waals surface area contributed by atoms with Crippen LogP contribution in [0, 0.1) is 0 Å². The van der Waals surface area contributed by atoms with E-state index in [1.807, 2.05) is 0 Å². The van der Waals surface area contributed by atoms with Gasteiger partial charge in [0.1, 0.15) is 17.1 Å². The number of rotatable bonds is 11. The molecule has 1 atom stereocenters. The van der Waals surface area contributed by atoms with Crippen molar-refractivity contribution in [3.05, 3.63) is 69.5 Å². The van der Waals surface area contributed by atoms with Gasteiger partial charge in [0.2, 0.25) is 11.7 Å². The second-order valence-corrected chi connectivity index (χ2v) is 7.59. The Morgan fingerprint density at radius 2 is 1.83 bits per heavy atom. The summed E-state index contributed by atoms with van der Waals surface area (Å²) in [5.74, 6) is -1.44. The summed E-state index contributed by atoms with van der Waals surface area (Å²) in [4.78, 5) is 40.7. The van der Waals surface area contributed by atoms with Crippen molar-refractivity contribution < 1.29 is 38.1 Å². The zero-order chi connectivity index (χ0) is 26.2. The molecule has 2 aromatic heterocycles. The predicted molar refractivity (Wildman–Crippen MR) is 128 cm³/mol. The third-order valence-electron chi connectivity index (χ3n) is 5.47. The van der Waals surface area contributed by atoms with Gasteiger partial charge in [-0.05, 0) is 36.8 Å². The van der Waals surface area contributed by atoms with Crippen LogP contribution < -0.4 is 25.1 Å². The van der Waals surface area contributed by atoms with Crippen molar-refractivity contribution in [2.45, 2.75) is 25.8 Å². The van der Waals surface area contributed by atoms with Gasteiger partial charge < -0.3 is 38.8 Å². The molecule has 0 radical (unpaired) electrons. The molecule has 1 amide bonds. The number of esters is 1. The third kappa shape index (κ3) is 5.62. The van der Waals surface area contributed by atoms with Crippen LogP contribution in [0.4, 0.5) is 0 Å². The van der Waals surface area contributed by atoms with E-state index in [-0.39, 0.29) is 42.2 Å². The third-order valence-corrected chi connectivity index (χ3v) is 5.47. The first-order chi connectivity index (χ1) is 17.3. The Bertz CT molecular complexity index is 1240. The number of ether oxygens (including phenoxy) is 4. The lowest BCUT2D eigenvalue weighted by Gasteiger charge is -2.21. The summed E-state index contributed by atoms with van der Waals surface area (Å²) in [6, 6.07) is 6.54. The molecule has 0 spiro atoms. The number of H-pyrrole nitrogens is 1. The molecule has 3 N–H and O–H groups in total. The Morgan fingerprint density at radius 1 is 1.14 bits per heavy atom. The zero-order valence-electron chi connectivity index (χ0n) is 20.4. The number of aromatic amines is 1. The Kier molecular flexibility index (Phi) is 8.61. The maximum Gasteiger partial charge on any atom is 0.343 e. The fourth-order valence-corrected chi connectivity index (χ4v) is 3.77. The molecule has 3 rings (SSSR count). The lowest BCUT2D eigenvalue weighted by atomic mass is 9.87. The van der Waals surface area contributed by atoms with Crippen molar-refractivity contribution in [1.29, 1.82) is 0 Å². The first kappa shape index (κ1) is 26.2. The molecular weight excluding hydrogens is 472 g/mol. The highest BCUT2D eigenvalue weighted by Gasteiger charge is 2.30. The van der Waals surface area contributed by atoms with Crippen LogP contribution in [0.25, 0.3) is 0 Å². The summed E-state index contributed by atoms with van der Waals surface area (Å²) in [7, 11) is 4.30. The normalized spacial score (nSPS) is 11.4. The number of furan rings is 1. The molecule has 1 aromatic carbocycles. The number of aromatic nitrogens is 1. The molecule has 0 aliphatic rings. The van der Waals surface area contributed by atoms with E-state index in [1.165, 1.54) is 27.6 Å². The van der Waals surface area contributed by atoms with Gasteiger partial charge in [-0.15, -0.1) is 0 Å². The molecule has 192 valence electrons. The monoisotopic (exact) mass is 500 g/mol. The average molecular weight is 501 g/mol. The van der Waals surface area contributed by atoms with Gasteiger partial charge in [-0.1, -0.05) is 0 Å². The van der Waals surface area contributed by atoms with Gasteiger partial charge in [0, 0.05) is 18.5 Å². The summed E-state index contributed by atoms with van der Waals surface area (Å²) in [5, 5.41) is 13.7. The summed E-state index contributed by atoms with van der Waals surface area (Å²) < 4.78 is 26.4. The predicted octanol–water partition coefficient (Wildman–Crippen LogP) is 2.71. The van der Waals surface area contributed by atoms with Crippen molar-refractivity contribution in [2.24, 2.45) is 0 Å². The highest BCUT2D eigenvalue weighted by molar-refractivity contribution is 5.92. The number of aromatic hydroxyl groups is 1. The van der Waals surface area contributed by atoms with Crippen LogP contribution in [0.3, 0.4) is 0 Å². The number of pyridine rings is 1. The van der Waals surface area contributed by atoms with E-state index in [0.29, 0.717) is 17.1 Å². The smallest absolute Gasteiger partial charge is 0.343 e. The van der Waals surface area contributed by atoms with Crippen molar-refractivity contribution in [3.8, 4) is 23.0 Å². The maximum atomic E-state index is 12.9. The van der Waals surface area contributed by atoms with Gasteiger partial charge in [-0.3, -0.25) is 9.59 Å². The fourth-order valence-electron chi connectivity index (χ4n) is 3.77. The maximum absolute atomic E-state index is 12.9. The number of carbonyl (C=O) groups excluding carboxylic acids is 2. The van der Waals surface area contributed by atoms with Gasteiger partial charge in [0.25, 0.3) is 5.56 Å². The van der Waals surface area contributed by atoms with Crippen LogP contribution in [0.2, 0.25) is 0 Å². The van der Waals surface area contributed by atoms with Crippen molar-refractivity contribution in [3.63, 3.8) is 0 Å². The van der Waals surface area contributed by atoms with Gasteiger partial charge in [-0.2, -0.15) is 0 Å². The van der Waals surface area contributed by atoms with Gasteiger partial charge in [-0.25, -0.2) is 4.79 Å². The highest BCUT2D eigenvalue weighted by atomic mass is 16.5. The number of amides is 1. The van der Waals surface area contributed by atoms with Crippen LogP contribution in [-0.4, -0.2) is 49.9 Å². The van der Waals surface area contributed by atoms with Crippen LogP contribution in [0.15, 0.2) is 45.9 Å². The number of hydrogen-bond donors (Lipinski definition) is 3. The zero-order valence-corrected chi connectivity index (χ0v) is 20.4. The molecule has 2 heterocycles. The van der Waals surface area contributed by atoms with E-state index in [4.69, 9.17) is 23.4 Å². The number of benzene rings is 1. The minimum atomic E-state index is -1.01. The molecule has 0 unspecified atom stereocenters. The van der Waals surface area contributed by atoms with Crippen molar-refractivity contribution >= 4 is 11.9 Å². The first-order valence-electron chi connectivity index (χ1n) is 11.0. The van der Waals surface area contributed by atoms with Crippen molar-refractivity contribution in [2.75, 3.05) is 27.9 Å². The van der Waals surface area contributed by atoms with Gasteiger partial charge >= 0.3 is 5.97 Å². The fraction of sp³-hybridized carbons (Fsp3) is 0.320. The topological polar surface area (TPSA) is 149 Å². The molecule has 0 fully saturated rings. The largest absolute Gasteiger partial charge is 0.506 e. The van der Waals surface area contributed by atoms with Crippen molar-refractivity contribution in [1.82, 2.24) is 10.3 Å². The van der Waals surface area contributed by atoms with Crippen LogP contribution in [-0.2, 0) is 16.1 Å². The van der Waals surface area contributed by atoms with E-state index in [1.54, 1.807) is 31.2 Å². The molecular formula is C25H28N2O9. The number of hydrogen-bond acceptors (Lipinski definition) is 9. The van der Waals surface area contributed by atoms with Gasteiger partial charge in [0.15, 0.2) is 11.5 Å². The van der Waals surface area contributed by atoms with E-state index in [0.717, 1.165) is 6.20 Å². The van der Waals surface area contributed by atoms with Gasteiger partial charge in [0.05, 0.1) is 46.3 Å². The summed E-state index contributed by atoms with van der Waals surface area (Å²) >= 11 is 0. The second-order valence-electron chi connectivity index (χ2n) is 7.59. The molecule has 11 heteroatoms. The molecule has 36 heavy (non-hydrogen) atoms. The summed E-state index contributed by atoms with van der Waals surface area (Å²) in [6.45, 7) is 1.81. The Labute approximate surface area is 206 Å². The lowest BCUT2D eigenvalue weighted by molar-refractivity contribution is -0.121. The quantitative estimate of drug-likeness (QED) is 0.338. The molecule has 0 aliphatic heterocycles. The van der Waals surface area contributed by atoms with E-state index >= 15 is 0 Å². The molecule has 0 aliphatic carbocycles. The number of carbonyl (C=O) groups is 2. The Balaban J connectivity index is 2.12. The average Bonchev–Trinajstić information content (AvgIpc) is 3.39.